The first kappa shape index (κ1) is 22.2. The van der Waals surface area contributed by atoms with Crippen molar-refractivity contribution in [3.05, 3.63) is 95.6 Å². The van der Waals surface area contributed by atoms with Gasteiger partial charge in [-0.3, -0.25) is 14.0 Å². The summed E-state index contributed by atoms with van der Waals surface area (Å²) in [6.07, 6.45) is 6.71. The molecule has 3 aromatic heterocycles. The normalized spacial score (nSPS) is 15.0. The van der Waals surface area contributed by atoms with Crippen molar-refractivity contribution in [2.75, 3.05) is 11.9 Å². The van der Waals surface area contributed by atoms with Crippen LogP contribution in [0.5, 0.6) is 0 Å². The zero-order valence-corrected chi connectivity index (χ0v) is 20.6. The molecule has 36 heavy (non-hydrogen) atoms. The number of aromatic nitrogens is 6. The number of ketones is 1. The molecule has 0 spiro atoms. The van der Waals surface area contributed by atoms with E-state index in [0.717, 1.165) is 50.9 Å². The minimum atomic E-state index is -0.0799. The second-order valence-corrected chi connectivity index (χ2v) is 9.47. The predicted octanol–water partition coefficient (Wildman–Crippen LogP) is 4.41. The topological polar surface area (TPSA) is 81.7 Å². The third kappa shape index (κ3) is 3.84. The molecule has 1 unspecified atom stereocenters. The van der Waals surface area contributed by atoms with Gasteiger partial charge >= 0.3 is 0 Å². The summed E-state index contributed by atoms with van der Waals surface area (Å²) < 4.78 is 3.92. The second-order valence-electron chi connectivity index (χ2n) is 9.47. The van der Waals surface area contributed by atoms with E-state index in [-0.39, 0.29) is 11.7 Å². The number of anilines is 1. The van der Waals surface area contributed by atoms with Crippen molar-refractivity contribution >= 4 is 22.5 Å². The number of imidazole rings is 1. The molecule has 1 aliphatic rings. The predicted molar refractivity (Wildman–Crippen MR) is 139 cm³/mol. The highest BCUT2D eigenvalue weighted by Crippen LogP contribution is 2.35. The smallest absolute Gasteiger partial charge is 0.165 e. The standard InChI is InChI=1S/C28H27N7O/c1-18-29-15-25-20(12-26(36)22-9-5-7-11-24(22)35(18)25)13-27-31-23-10-6-4-8-21(23)28(32-27)33(2)16-19-14-30-34(3)17-19/h4-11,14-15,17,20H,12-13,16H2,1-3H3. The van der Waals surface area contributed by atoms with Crippen LogP contribution in [0.25, 0.3) is 16.6 Å². The van der Waals surface area contributed by atoms with Crippen LogP contribution in [0.4, 0.5) is 5.82 Å². The molecule has 0 aliphatic carbocycles. The molecule has 8 heteroatoms. The van der Waals surface area contributed by atoms with Crippen molar-refractivity contribution in [2.24, 2.45) is 7.05 Å². The van der Waals surface area contributed by atoms with E-state index in [0.29, 0.717) is 19.4 Å². The summed E-state index contributed by atoms with van der Waals surface area (Å²) in [5, 5.41) is 5.29. The summed E-state index contributed by atoms with van der Waals surface area (Å²) in [5.41, 5.74) is 4.65. The molecule has 0 fully saturated rings. The van der Waals surface area contributed by atoms with E-state index in [1.807, 2.05) is 82.1 Å². The maximum absolute atomic E-state index is 13.3. The number of Topliss-reactive ketones (excluding diaryl/α,β-unsaturated/α-hetero) is 1. The second kappa shape index (κ2) is 8.71. The van der Waals surface area contributed by atoms with Crippen LogP contribution in [0.15, 0.2) is 67.1 Å². The average Bonchev–Trinajstić information content (AvgIpc) is 3.44. The Kier molecular flexibility index (Phi) is 5.36. The Labute approximate surface area is 209 Å². The minimum absolute atomic E-state index is 0.0799. The number of carbonyl (C=O) groups excluding carboxylic acids is 1. The van der Waals surface area contributed by atoms with Gasteiger partial charge in [-0.25, -0.2) is 15.0 Å². The molecule has 1 aliphatic heterocycles. The van der Waals surface area contributed by atoms with E-state index < -0.39 is 0 Å². The molecule has 0 N–H and O–H groups in total. The Bertz CT molecular complexity index is 1600. The van der Waals surface area contributed by atoms with Crippen LogP contribution < -0.4 is 4.90 Å². The molecular weight excluding hydrogens is 450 g/mol. The Balaban J connectivity index is 1.40. The highest BCUT2D eigenvalue weighted by molar-refractivity contribution is 6.00. The van der Waals surface area contributed by atoms with Gasteiger partial charge in [0.15, 0.2) is 5.78 Å². The molecule has 0 saturated heterocycles. The van der Waals surface area contributed by atoms with Gasteiger partial charge in [0.05, 0.1) is 17.4 Å². The number of carbonyl (C=O) groups is 1. The Morgan fingerprint density at radius 2 is 1.86 bits per heavy atom. The lowest BCUT2D eigenvalue weighted by atomic mass is 9.94. The highest BCUT2D eigenvalue weighted by Gasteiger charge is 2.30. The molecular formula is C28H27N7O. The fourth-order valence-corrected chi connectivity index (χ4v) is 5.19. The van der Waals surface area contributed by atoms with E-state index in [1.165, 1.54) is 0 Å². The minimum Gasteiger partial charge on any atom is -0.355 e. The number of para-hydroxylation sites is 2. The van der Waals surface area contributed by atoms with Gasteiger partial charge < -0.3 is 4.90 Å². The van der Waals surface area contributed by atoms with E-state index >= 15 is 0 Å². The van der Waals surface area contributed by atoms with Gasteiger partial charge in [0, 0.05) is 74.0 Å². The number of aryl methyl sites for hydroxylation is 2. The quantitative estimate of drug-likeness (QED) is 0.373. The fraction of sp³-hybridized carbons (Fsp3) is 0.250. The summed E-state index contributed by atoms with van der Waals surface area (Å²) >= 11 is 0. The van der Waals surface area contributed by atoms with Crippen molar-refractivity contribution in [1.29, 1.82) is 0 Å². The lowest BCUT2D eigenvalue weighted by Crippen LogP contribution is -2.20. The van der Waals surface area contributed by atoms with Gasteiger partial charge in [-0.15, -0.1) is 0 Å². The van der Waals surface area contributed by atoms with Gasteiger partial charge in [0.25, 0.3) is 0 Å². The lowest BCUT2D eigenvalue weighted by Gasteiger charge is -2.21. The number of hydrogen-bond donors (Lipinski definition) is 0. The molecule has 4 heterocycles. The van der Waals surface area contributed by atoms with Crippen LogP contribution in [-0.2, 0) is 20.0 Å². The van der Waals surface area contributed by atoms with Gasteiger partial charge in [0.2, 0.25) is 0 Å². The lowest BCUT2D eigenvalue weighted by molar-refractivity contribution is 0.0975. The summed E-state index contributed by atoms with van der Waals surface area (Å²) in [5.74, 6) is 2.51. The van der Waals surface area contributed by atoms with Crippen LogP contribution in [0, 0.1) is 6.92 Å². The Hall–Kier alpha value is -4.33. The molecule has 6 rings (SSSR count). The summed E-state index contributed by atoms with van der Waals surface area (Å²) in [6, 6.07) is 15.9. The van der Waals surface area contributed by atoms with Crippen LogP contribution in [-0.4, -0.2) is 42.1 Å². The molecule has 0 amide bonds. The average molecular weight is 478 g/mol. The van der Waals surface area contributed by atoms with Crippen molar-refractivity contribution < 1.29 is 4.79 Å². The van der Waals surface area contributed by atoms with Crippen molar-refractivity contribution in [3.63, 3.8) is 0 Å². The van der Waals surface area contributed by atoms with Gasteiger partial charge in [0.1, 0.15) is 17.5 Å². The van der Waals surface area contributed by atoms with Crippen LogP contribution in [0.1, 0.15) is 45.6 Å². The summed E-state index contributed by atoms with van der Waals surface area (Å²) in [7, 11) is 3.95. The van der Waals surface area contributed by atoms with E-state index in [1.54, 1.807) is 4.68 Å². The van der Waals surface area contributed by atoms with E-state index in [2.05, 4.69) is 25.6 Å². The van der Waals surface area contributed by atoms with Crippen molar-refractivity contribution in [1.82, 2.24) is 29.3 Å². The number of fused-ring (bicyclic) bond motifs is 4. The van der Waals surface area contributed by atoms with Gasteiger partial charge in [-0.1, -0.05) is 24.3 Å². The molecule has 180 valence electrons. The Morgan fingerprint density at radius 1 is 1.06 bits per heavy atom. The molecule has 5 aromatic rings. The molecule has 0 bridgehead atoms. The number of rotatable bonds is 5. The van der Waals surface area contributed by atoms with Crippen LogP contribution in [0.3, 0.4) is 0 Å². The molecule has 2 aromatic carbocycles. The maximum atomic E-state index is 13.3. The van der Waals surface area contributed by atoms with Crippen molar-refractivity contribution in [3.8, 4) is 5.69 Å². The molecule has 1 atom stereocenters. The molecule has 0 radical (unpaired) electrons. The first-order chi connectivity index (χ1) is 17.5. The number of nitrogens with zero attached hydrogens (tertiary/aromatic N) is 7. The SMILES string of the molecule is Cc1ncc2n1-c1ccccc1C(=O)CC2Cc1nc(N(C)Cc2cnn(C)c2)c2ccccc2n1. The summed E-state index contributed by atoms with van der Waals surface area (Å²) in [4.78, 5) is 30.0. The third-order valence-electron chi connectivity index (χ3n) is 6.86. The maximum Gasteiger partial charge on any atom is 0.165 e. The van der Waals surface area contributed by atoms with E-state index in [4.69, 9.17) is 9.97 Å². The Morgan fingerprint density at radius 3 is 2.69 bits per heavy atom. The molecule has 8 nitrogen and oxygen atoms in total. The van der Waals surface area contributed by atoms with Gasteiger partial charge in [-0.05, 0) is 31.2 Å². The zero-order chi connectivity index (χ0) is 24.8. The number of benzene rings is 2. The van der Waals surface area contributed by atoms with E-state index in [9.17, 15) is 4.79 Å². The third-order valence-corrected chi connectivity index (χ3v) is 6.86. The van der Waals surface area contributed by atoms with Crippen LogP contribution in [0.2, 0.25) is 0 Å². The summed E-state index contributed by atoms with van der Waals surface area (Å²) in [6.45, 7) is 2.66. The van der Waals surface area contributed by atoms with Gasteiger partial charge in [-0.2, -0.15) is 5.10 Å². The first-order valence-corrected chi connectivity index (χ1v) is 12.1. The van der Waals surface area contributed by atoms with Crippen LogP contribution >= 0.6 is 0 Å². The zero-order valence-electron chi connectivity index (χ0n) is 20.6. The molecule has 0 saturated carbocycles. The number of hydrogen-bond acceptors (Lipinski definition) is 6. The first-order valence-electron chi connectivity index (χ1n) is 12.1. The highest BCUT2D eigenvalue weighted by atomic mass is 16.1. The largest absolute Gasteiger partial charge is 0.355 e. The van der Waals surface area contributed by atoms with Crippen molar-refractivity contribution in [2.45, 2.75) is 32.2 Å². The fourth-order valence-electron chi connectivity index (χ4n) is 5.19. The monoisotopic (exact) mass is 477 g/mol.